The van der Waals surface area contributed by atoms with E-state index in [4.69, 9.17) is 10.5 Å². The maximum atomic E-state index is 12.0. The number of nitrogens with one attached hydrogen (secondary N) is 2. The second-order valence-electron chi connectivity index (χ2n) is 5.96. The molecule has 0 radical (unpaired) electrons. The Kier molecular flexibility index (Phi) is 10.5. The number of hydrogen-bond donors (Lipinski definition) is 3. The van der Waals surface area contributed by atoms with E-state index in [9.17, 15) is 13.2 Å². The van der Waals surface area contributed by atoms with E-state index in [-0.39, 0.29) is 60.1 Å². The number of aliphatic imine (C=N–C) groups is 1. The highest BCUT2D eigenvalue weighted by atomic mass is 127. The molecule has 2 heterocycles. The number of guanidine groups is 1. The topological polar surface area (TPSA) is 139 Å². The molecular weight excluding hydrogens is 499 g/mol. The first-order valence-corrected chi connectivity index (χ1v) is 10.3. The number of carbonyl (C=O) groups excluding carboxylic acids is 1. The monoisotopic (exact) mass is 526 g/mol. The van der Waals surface area contributed by atoms with Crippen molar-refractivity contribution in [1.29, 1.82) is 0 Å². The van der Waals surface area contributed by atoms with Gasteiger partial charge in [-0.15, -0.1) is 24.0 Å². The molecule has 1 amide bonds. The number of rotatable bonds is 7. The van der Waals surface area contributed by atoms with Crippen LogP contribution in [0.3, 0.4) is 0 Å². The number of halogens is 1. The lowest BCUT2D eigenvalue weighted by Gasteiger charge is -2.31. The van der Waals surface area contributed by atoms with Crippen molar-refractivity contribution in [3.8, 4) is 0 Å². The zero-order chi connectivity index (χ0) is 19.7. The van der Waals surface area contributed by atoms with E-state index in [0.29, 0.717) is 19.7 Å². The van der Waals surface area contributed by atoms with E-state index in [1.54, 1.807) is 17.9 Å². The third-order valence-corrected chi connectivity index (χ3v) is 5.45. The van der Waals surface area contributed by atoms with Gasteiger partial charge in [-0.2, -0.15) is 0 Å². The summed E-state index contributed by atoms with van der Waals surface area (Å²) in [5, 5.41) is 3.10. The molecule has 28 heavy (non-hydrogen) atoms. The molecule has 1 aromatic rings. The van der Waals surface area contributed by atoms with Crippen LogP contribution in [-0.2, 0) is 14.8 Å². The first-order chi connectivity index (χ1) is 12.9. The molecule has 1 fully saturated rings. The summed E-state index contributed by atoms with van der Waals surface area (Å²) in [7, 11) is -3.60. The first-order valence-electron chi connectivity index (χ1n) is 8.80. The number of sulfonamides is 1. The van der Waals surface area contributed by atoms with Crippen molar-refractivity contribution in [3.63, 3.8) is 0 Å². The van der Waals surface area contributed by atoms with Crippen LogP contribution in [0.4, 0.5) is 4.79 Å². The summed E-state index contributed by atoms with van der Waals surface area (Å²) in [6, 6.07) is 3.14. The Balaban J connectivity index is 0.00000392. The van der Waals surface area contributed by atoms with Gasteiger partial charge in [0.2, 0.25) is 10.0 Å². The maximum Gasteiger partial charge on any atom is 0.409 e. The number of pyridine rings is 1. The standard InChI is InChI=1S/C16H26N6O4S.HI/c1-2-26-16(23)22-10-5-13(6-11-22)21-15(17)19-8-9-20-27(24,25)14-4-3-7-18-12-14;/h3-4,7,12-13,20H,2,5-6,8-11H2,1H3,(H3,17,19,21);1H. The van der Waals surface area contributed by atoms with Crippen LogP contribution in [0.5, 0.6) is 0 Å². The second-order valence-corrected chi connectivity index (χ2v) is 7.72. The lowest BCUT2D eigenvalue weighted by atomic mass is 10.1. The number of likely N-dealkylation sites (tertiary alicyclic amines) is 1. The normalized spacial score (nSPS) is 15.6. The van der Waals surface area contributed by atoms with Crippen LogP contribution < -0.4 is 15.8 Å². The van der Waals surface area contributed by atoms with Crippen LogP contribution in [0, 0.1) is 0 Å². The van der Waals surface area contributed by atoms with Crippen molar-refractivity contribution in [1.82, 2.24) is 19.9 Å². The van der Waals surface area contributed by atoms with Gasteiger partial charge in [-0.3, -0.25) is 9.98 Å². The molecule has 0 spiro atoms. The van der Waals surface area contributed by atoms with Crippen molar-refractivity contribution < 1.29 is 17.9 Å². The zero-order valence-electron chi connectivity index (χ0n) is 15.7. The third kappa shape index (κ3) is 7.75. The lowest BCUT2D eigenvalue weighted by Crippen LogP contribution is -2.48. The van der Waals surface area contributed by atoms with Crippen molar-refractivity contribution in [3.05, 3.63) is 24.5 Å². The third-order valence-electron chi connectivity index (χ3n) is 4.00. The number of nitrogens with two attached hydrogens (primary N) is 1. The molecule has 0 aliphatic carbocycles. The van der Waals surface area contributed by atoms with Crippen LogP contribution in [0.1, 0.15) is 19.8 Å². The van der Waals surface area contributed by atoms with Crippen molar-refractivity contribution in [2.24, 2.45) is 10.7 Å². The Bertz CT molecular complexity index is 739. The predicted octanol–water partition coefficient (Wildman–Crippen LogP) is 0.503. The van der Waals surface area contributed by atoms with Crippen LogP contribution in [0.15, 0.2) is 34.4 Å². The molecule has 1 saturated heterocycles. The highest BCUT2D eigenvalue weighted by molar-refractivity contribution is 14.0. The van der Waals surface area contributed by atoms with Crippen molar-refractivity contribution in [2.45, 2.75) is 30.7 Å². The number of carbonyl (C=O) groups is 1. The van der Waals surface area contributed by atoms with Gasteiger partial charge in [0.15, 0.2) is 5.96 Å². The highest BCUT2D eigenvalue weighted by Gasteiger charge is 2.23. The fourth-order valence-corrected chi connectivity index (χ4v) is 3.61. The average Bonchev–Trinajstić information content (AvgIpc) is 2.67. The molecule has 0 bridgehead atoms. The summed E-state index contributed by atoms with van der Waals surface area (Å²) in [4.78, 5) is 21.4. The number of ether oxygens (including phenoxy) is 1. The summed E-state index contributed by atoms with van der Waals surface area (Å²) in [5.74, 6) is 0.255. The molecular formula is C16H27IN6O4S. The molecule has 0 atom stereocenters. The van der Waals surface area contributed by atoms with E-state index in [2.05, 4.69) is 20.0 Å². The van der Waals surface area contributed by atoms with Gasteiger partial charge in [0.1, 0.15) is 4.90 Å². The average molecular weight is 526 g/mol. The number of hydrogen-bond acceptors (Lipinski definition) is 6. The minimum Gasteiger partial charge on any atom is -0.450 e. The molecule has 1 aliphatic heterocycles. The molecule has 0 unspecified atom stereocenters. The van der Waals surface area contributed by atoms with E-state index in [1.165, 1.54) is 18.5 Å². The van der Waals surface area contributed by atoms with Gasteiger partial charge in [0.25, 0.3) is 0 Å². The Morgan fingerprint density at radius 2 is 2.14 bits per heavy atom. The molecule has 1 aromatic heterocycles. The Morgan fingerprint density at radius 1 is 1.43 bits per heavy atom. The quantitative estimate of drug-likeness (QED) is 0.204. The van der Waals surface area contributed by atoms with Gasteiger partial charge in [0, 0.05) is 38.1 Å². The van der Waals surface area contributed by atoms with Crippen LogP contribution in [0.2, 0.25) is 0 Å². The van der Waals surface area contributed by atoms with E-state index in [1.807, 2.05) is 0 Å². The number of aromatic nitrogens is 1. The first kappa shape index (κ1) is 24.4. The molecule has 1 aliphatic rings. The fourth-order valence-electron chi connectivity index (χ4n) is 2.62. The molecule has 0 aromatic carbocycles. The molecule has 10 nitrogen and oxygen atoms in total. The van der Waals surface area contributed by atoms with Crippen molar-refractivity contribution in [2.75, 3.05) is 32.8 Å². The van der Waals surface area contributed by atoms with Gasteiger partial charge in [-0.1, -0.05) is 0 Å². The van der Waals surface area contributed by atoms with Gasteiger partial charge in [-0.05, 0) is 31.9 Å². The van der Waals surface area contributed by atoms with Crippen LogP contribution >= 0.6 is 24.0 Å². The molecule has 158 valence electrons. The summed E-state index contributed by atoms with van der Waals surface area (Å²) >= 11 is 0. The molecule has 4 N–H and O–H groups in total. The van der Waals surface area contributed by atoms with E-state index in [0.717, 1.165) is 12.8 Å². The van der Waals surface area contributed by atoms with E-state index >= 15 is 0 Å². The van der Waals surface area contributed by atoms with Crippen LogP contribution in [-0.4, -0.2) is 69.2 Å². The Morgan fingerprint density at radius 3 is 2.75 bits per heavy atom. The van der Waals surface area contributed by atoms with Gasteiger partial charge in [-0.25, -0.2) is 17.9 Å². The van der Waals surface area contributed by atoms with E-state index < -0.39 is 10.0 Å². The molecule has 2 rings (SSSR count). The second kappa shape index (κ2) is 12.0. The Labute approximate surface area is 182 Å². The lowest BCUT2D eigenvalue weighted by molar-refractivity contribution is 0.0963. The SMILES string of the molecule is CCOC(=O)N1CCC(NC(N)=NCCNS(=O)(=O)c2cccnc2)CC1.I. The highest BCUT2D eigenvalue weighted by Crippen LogP contribution is 2.11. The minimum absolute atomic E-state index is 0. The Hall–Kier alpha value is -1.67. The van der Waals surface area contributed by atoms with Gasteiger partial charge < -0.3 is 20.7 Å². The maximum absolute atomic E-state index is 12.0. The van der Waals surface area contributed by atoms with Gasteiger partial charge >= 0.3 is 6.09 Å². The minimum atomic E-state index is -3.60. The zero-order valence-corrected chi connectivity index (χ0v) is 18.9. The largest absolute Gasteiger partial charge is 0.450 e. The predicted molar refractivity (Wildman–Crippen MR) is 116 cm³/mol. The number of amides is 1. The fraction of sp³-hybridized carbons (Fsp3) is 0.562. The van der Waals surface area contributed by atoms with Crippen molar-refractivity contribution >= 4 is 46.1 Å². The molecule has 12 heteroatoms. The summed E-state index contributed by atoms with van der Waals surface area (Å²) in [6.07, 6.45) is 3.97. The smallest absolute Gasteiger partial charge is 0.409 e. The molecule has 0 saturated carbocycles. The number of nitrogens with zero attached hydrogens (tertiary/aromatic N) is 3. The summed E-state index contributed by atoms with van der Waals surface area (Å²) in [6.45, 7) is 3.66. The summed E-state index contributed by atoms with van der Waals surface area (Å²) < 4.78 is 31.5. The van der Waals surface area contributed by atoms with Crippen LogP contribution in [0.25, 0.3) is 0 Å². The number of piperidine rings is 1. The van der Waals surface area contributed by atoms with Gasteiger partial charge in [0.05, 0.1) is 13.2 Å². The summed E-state index contributed by atoms with van der Waals surface area (Å²) in [5.41, 5.74) is 5.85.